The third-order valence-corrected chi connectivity index (χ3v) is 2.81. The number of methoxy groups -OCH3 is 1. The Morgan fingerprint density at radius 2 is 1.85 bits per heavy atom. The van der Waals surface area contributed by atoms with Crippen molar-refractivity contribution in [3.05, 3.63) is 59.9 Å². The van der Waals surface area contributed by atoms with Crippen LogP contribution in [0.5, 0.6) is 11.5 Å². The summed E-state index contributed by atoms with van der Waals surface area (Å²) in [6, 6.07) is 14.1. The van der Waals surface area contributed by atoms with Gasteiger partial charge in [-0.1, -0.05) is 30.3 Å². The molecule has 0 bridgehead atoms. The smallest absolute Gasteiger partial charge is 0.167 e. The highest BCUT2D eigenvalue weighted by atomic mass is 19.1. The van der Waals surface area contributed by atoms with E-state index in [2.05, 4.69) is 5.32 Å². The van der Waals surface area contributed by atoms with Crippen LogP contribution in [0.25, 0.3) is 0 Å². The predicted molar refractivity (Wildman–Crippen MR) is 76.5 cm³/mol. The average Bonchev–Trinajstić information content (AvgIpc) is 2.48. The van der Waals surface area contributed by atoms with Crippen LogP contribution in [0.15, 0.2) is 48.5 Å². The predicted octanol–water partition coefficient (Wildman–Crippen LogP) is 3.35. The van der Waals surface area contributed by atoms with Gasteiger partial charge in [0.15, 0.2) is 11.6 Å². The Morgan fingerprint density at radius 1 is 1.05 bits per heavy atom. The van der Waals surface area contributed by atoms with Crippen molar-refractivity contribution < 1.29 is 13.9 Å². The maximum Gasteiger partial charge on any atom is 0.167 e. The van der Waals surface area contributed by atoms with Gasteiger partial charge in [0, 0.05) is 25.8 Å². The second-order valence-electron chi connectivity index (χ2n) is 4.31. The summed E-state index contributed by atoms with van der Waals surface area (Å²) >= 11 is 0. The summed E-state index contributed by atoms with van der Waals surface area (Å²) in [6.45, 7) is 1.85. The van der Waals surface area contributed by atoms with Crippen molar-refractivity contribution in [2.45, 2.75) is 6.54 Å². The summed E-state index contributed by atoms with van der Waals surface area (Å²) in [5.41, 5.74) is 0.782. The number of para-hydroxylation sites is 2. The molecule has 1 N–H and O–H groups in total. The summed E-state index contributed by atoms with van der Waals surface area (Å²) in [5.74, 6) is 0.527. The lowest BCUT2D eigenvalue weighted by molar-refractivity contribution is 0.199. The lowest BCUT2D eigenvalue weighted by Gasteiger charge is -2.12. The quantitative estimate of drug-likeness (QED) is 0.786. The van der Waals surface area contributed by atoms with Gasteiger partial charge in [0.2, 0.25) is 0 Å². The molecule has 0 spiro atoms. The second kappa shape index (κ2) is 7.62. The van der Waals surface area contributed by atoms with E-state index in [1.54, 1.807) is 25.3 Å². The van der Waals surface area contributed by atoms with E-state index in [1.165, 1.54) is 6.07 Å². The number of hydrogen-bond acceptors (Lipinski definition) is 3. The fraction of sp³-hybridized carbons (Fsp3) is 0.250. The third kappa shape index (κ3) is 4.05. The second-order valence-corrected chi connectivity index (χ2v) is 4.31. The van der Waals surface area contributed by atoms with Crippen LogP contribution >= 0.6 is 0 Å². The SMILES string of the molecule is COCCNCc1cccc(F)c1Oc1ccccc1. The topological polar surface area (TPSA) is 30.5 Å². The Bertz CT molecular complexity index is 531. The van der Waals surface area contributed by atoms with E-state index in [-0.39, 0.29) is 11.6 Å². The fourth-order valence-corrected chi connectivity index (χ4v) is 1.81. The van der Waals surface area contributed by atoms with Gasteiger partial charge in [0.25, 0.3) is 0 Å². The van der Waals surface area contributed by atoms with Gasteiger partial charge in [-0.25, -0.2) is 4.39 Å². The zero-order valence-electron chi connectivity index (χ0n) is 11.4. The van der Waals surface area contributed by atoms with E-state index in [0.29, 0.717) is 25.4 Å². The number of nitrogens with one attached hydrogen (secondary N) is 1. The van der Waals surface area contributed by atoms with E-state index in [4.69, 9.17) is 9.47 Å². The van der Waals surface area contributed by atoms with Crippen molar-refractivity contribution in [3.8, 4) is 11.5 Å². The lowest BCUT2D eigenvalue weighted by atomic mass is 10.2. The molecule has 0 unspecified atom stereocenters. The molecule has 3 nitrogen and oxygen atoms in total. The van der Waals surface area contributed by atoms with E-state index in [0.717, 1.165) is 5.56 Å². The largest absolute Gasteiger partial charge is 0.454 e. The Balaban J connectivity index is 2.10. The molecule has 0 amide bonds. The van der Waals surface area contributed by atoms with E-state index >= 15 is 0 Å². The molecule has 0 aliphatic carbocycles. The zero-order valence-corrected chi connectivity index (χ0v) is 11.4. The van der Waals surface area contributed by atoms with Crippen LogP contribution < -0.4 is 10.1 Å². The minimum atomic E-state index is -0.361. The Labute approximate surface area is 118 Å². The molecule has 2 aromatic rings. The number of halogens is 1. The van der Waals surface area contributed by atoms with Gasteiger partial charge < -0.3 is 14.8 Å². The highest BCUT2D eigenvalue weighted by Crippen LogP contribution is 2.28. The molecular formula is C16H18FNO2. The number of rotatable bonds is 7. The zero-order chi connectivity index (χ0) is 14.2. The highest BCUT2D eigenvalue weighted by molar-refractivity contribution is 5.39. The van der Waals surface area contributed by atoms with Gasteiger partial charge in [0.05, 0.1) is 6.61 Å². The van der Waals surface area contributed by atoms with Crippen molar-refractivity contribution in [3.63, 3.8) is 0 Å². The molecule has 0 aromatic heterocycles. The van der Waals surface area contributed by atoms with Crippen LogP contribution in [0.2, 0.25) is 0 Å². The molecule has 0 saturated heterocycles. The lowest BCUT2D eigenvalue weighted by Crippen LogP contribution is -2.19. The summed E-state index contributed by atoms with van der Waals surface area (Å²) in [4.78, 5) is 0. The number of benzene rings is 2. The van der Waals surface area contributed by atoms with Crippen LogP contribution in [-0.2, 0) is 11.3 Å². The Hall–Kier alpha value is -1.91. The molecule has 0 radical (unpaired) electrons. The van der Waals surface area contributed by atoms with E-state index in [9.17, 15) is 4.39 Å². The van der Waals surface area contributed by atoms with Gasteiger partial charge >= 0.3 is 0 Å². The normalized spacial score (nSPS) is 10.5. The molecule has 2 rings (SSSR count). The summed E-state index contributed by atoms with van der Waals surface area (Å²) in [6.07, 6.45) is 0. The summed E-state index contributed by atoms with van der Waals surface area (Å²) in [5, 5.41) is 3.18. The first-order chi connectivity index (χ1) is 9.81. The van der Waals surface area contributed by atoms with E-state index in [1.807, 2.05) is 24.3 Å². The van der Waals surface area contributed by atoms with Gasteiger partial charge in [-0.3, -0.25) is 0 Å². The first-order valence-corrected chi connectivity index (χ1v) is 6.51. The van der Waals surface area contributed by atoms with Crippen molar-refractivity contribution >= 4 is 0 Å². The van der Waals surface area contributed by atoms with Crippen molar-refractivity contribution in [2.75, 3.05) is 20.3 Å². The molecule has 0 aliphatic rings. The van der Waals surface area contributed by atoms with Crippen LogP contribution in [-0.4, -0.2) is 20.3 Å². The fourth-order valence-electron chi connectivity index (χ4n) is 1.81. The molecule has 0 fully saturated rings. The van der Waals surface area contributed by atoms with Gasteiger partial charge in [-0.05, 0) is 18.2 Å². The Kier molecular flexibility index (Phi) is 5.53. The molecular weight excluding hydrogens is 257 g/mol. The maximum atomic E-state index is 13.9. The molecule has 2 aromatic carbocycles. The molecule has 0 saturated carbocycles. The molecule has 0 atom stereocenters. The van der Waals surface area contributed by atoms with Gasteiger partial charge in [-0.15, -0.1) is 0 Å². The third-order valence-electron chi connectivity index (χ3n) is 2.81. The van der Waals surface area contributed by atoms with Crippen molar-refractivity contribution in [2.24, 2.45) is 0 Å². The molecule has 4 heteroatoms. The standard InChI is InChI=1S/C16H18FNO2/c1-19-11-10-18-12-13-6-5-9-15(17)16(13)20-14-7-3-2-4-8-14/h2-9,18H,10-12H2,1H3. The first kappa shape index (κ1) is 14.5. The van der Waals surface area contributed by atoms with Crippen LogP contribution in [0, 0.1) is 5.82 Å². The minimum Gasteiger partial charge on any atom is -0.454 e. The van der Waals surface area contributed by atoms with Crippen molar-refractivity contribution in [1.82, 2.24) is 5.32 Å². The molecule has 0 aliphatic heterocycles. The summed E-state index contributed by atoms with van der Waals surface area (Å²) < 4.78 is 24.5. The molecule has 20 heavy (non-hydrogen) atoms. The van der Waals surface area contributed by atoms with Crippen LogP contribution in [0.4, 0.5) is 4.39 Å². The summed E-state index contributed by atoms with van der Waals surface area (Å²) in [7, 11) is 1.65. The van der Waals surface area contributed by atoms with Crippen LogP contribution in [0.1, 0.15) is 5.56 Å². The monoisotopic (exact) mass is 275 g/mol. The molecule has 0 heterocycles. The Morgan fingerprint density at radius 3 is 2.60 bits per heavy atom. The van der Waals surface area contributed by atoms with E-state index < -0.39 is 0 Å². The van der Waals surface area contributed by atoms with Crippen LogP contribution in [0.3, 0.4) is 0 Å². The first-order valence-electron chi connectivity index (χ1n) is 6.51. The number of hydrogen-bond donors (Lipinski definition) is 1. The molecule has 106 valence electrons. The van der Waals surface area contributed by atoms with Gasteiger partial charge in [-0.2, -0.15) is 0 Å². The highest BCUT2D eigenvalue weighted by Gasteiger charge is 2.10. The number of ether oxygens (including phenoxy) is 2. The van der Waals surface area contributed by atoms with Crippen molar-refractivity contribution in [1.29, 1.82) is 0 Å². The average molecular weight is 275 g/mol. The van der Waals surface area contributed by atoms with Gasteiger partial charge in [0.1, 0.15) is 5.75 Å². The maximum absolute atomic E-state index is 13.9. The minimum absolute atomic E-state index is 0.267.